The van der Waals surface area contributed by atoms with E-state index in [0.717, 1.165) is 5.69 Å². The van der Waals surface area contributed by atoms with Gasteiger partial charge in [0.05, 0.1) is 12.2 Å². The lowest BCUT2D eigenvalue weighted by atomic mass is 10.3. The summed E-state index contributed by atoms with van der Waals surface area (Å²) in [5.41, 5.74) is 1.18. The molecule has 2 N–H and O–H groups in total. The first-order valence-electron chi connectivity index (χ1n) is 6.15. The Hall–Kier alpha value is -2.76. The Balaban J connectivity index is 1.99. The van der Waals surface area contributed by atoms with Crippen molar-refractivity contribution in [3.8, 4) is 0 Å². The van der Waals surface area contributed by atoms with E-state index in [1.807, 2.05) is 18.2 Å². The van der Waals surface area contributed by atoms with Gasteiger partial charge in [-0.05, 0) is 18.2 Å². The molecule has 0 unspecified atom stereocenters. The number of rotatable bonds is 6. The summed E-state index contributed by atoms with van der Waals surface area (Å²) in [6.07, 6.45) is 4.87. The molecule has 0 aliphatic rings. The van der Waals surface area contributed by atoms with E-state index >= 15 is 0 Å². The van der Waals surface area contributed by atoms with E-state index in [9.17, 15) is 4.79 Å². The third-order valence-electron chi connectivity index (χ3n) is 2.45. The minimum atomic E-state index is -0.256. The first-order chi connectivity index (χ1) is 9.79. The topological polar surface area (TPSA) is 79.8 Å². The number of anilines is 1. The maximum Gasteiger partial charge on any atom is 0.270 e. The Bertz CT molecular complexity index is 585. The van der Waals surface area contributed by atoms with Crippen molar-refractivity contribution in [2.75, 3.05) is 11.9 Å². The van der Waals surface area contributed by atoms with Crippen molar-refractivity contribution in [1.82, 2.24) is 20.3 Å². The SMILES string of the molecule is C=CCNC(=O)c1ccnc(NCc2ccccn2)n1. The van der Waals surface area contributed by atoms with Crippen LogP contribution in [0.25, 0.3) is 0 Å². The van der Waals surface area contributed by atoms with E-state index in [4.69, 9.17) is 0 Å². The highest BCUT2D eigenvalue weighted by Gasteiger charge is 2.07. The van der Waals surface area contributed by atoms with Gasteiger partial charge in [0.25, 0.3) is 5.91 Å². The van der Waals surface area contributed by atoms with Crippen molar-refractivity contribution in [2.24, 2.45) is 0 Å². The van der Waals surface area contributed by atoms with Crippen LogP contribution in [0.1, 0.15) is 16.2 Å². The molecule has 0 saturated carbocycles. The molecular weight excluding hydrogens is 254 g/mol. The van der Waals surface area contributed by atoms with Crippen LogP contribution >= 0.6 is 0 Å². The lowest BCUT2D eigenvalue weighted by Crippen LogP contribution is -2.24. The van der Waals surface area contributed by atoms with Crippen LogP contribution in [0.2, 0.25) is 0 Å². The highest BCUT2D eigenvalue weighted by molar-refractivity contribution is 5.92. The summed E-state index contributed by atoms with van der Waals surface area (Å²) in [5.74, 6) is 0.134. The standard InChI is InChI=1S/C14H15N5O/c1-2-7-16-13(20)12-6-9-17-14(19-12)18-10-11-5-3-4-8-15-11/h2-6,8-9H,1,7,10H2,(H,16,20)(H,17,18,19). The molecule has 2 aromatic rings. The van der Waals surface area contributed by atoms with Gasteiger partial charge in [-0.1, -0.05) is 12.1 Å². The molecule has 0 spiro atoms. The Morgan fingerprint density at radius 1 is 1.25 bits per heavy atom. The van der Waals surface area contributed by atoms with Gasteiger partial charge < -0.3 is 10.6 Å². The highest BCUT2D eigenvalue weighted by atomic mass is 16.1. The zero-order chi connectivity index (χ0) is 14.2. The summed E-state index contributed by atoms with van der Waals surface area (Å²) in [6.45, 7) is 4.44. The van der Waals surface area contributed by atoms with Gasteiger partial charge in [0.1, 0.15) is 5.69 Å². The monoisotopic (exact) mass is 269 g/mol. The third-order valence-corrected chi connectivity index (χ3v) is 2.45. The molecule has 1 amide bonds. The highest BCUT2D eigenvalue weighted by Crippen LogP contribution is 2.03. The van der Waals surface area contributed by atoms with E-state index < -0.39 is 0 Å². The van der Waals surface area contributed by atoms with Crippen LogP contribution in [-0.2, 0) is 6.54 Å². The molecule has 2 heterocycles. The molecule has 0 atom stereocenters. The van der Waals surface area contributed by atoms with Crippen LogP contribution in [0, 0.1) is 0 Å². The summed E-state index contributed by atoms with van der Waals surface area (Å²) in [6, 6.07) is 7.21. The zero-order valence-corrected chi connectivity index (χ0v) is 10.9. The summed E-state index contributed by atoms with van der Waals surface area (Å²) in [4.78, 5) is 24.1. The molecule has 102 valence electrons. The summed E-state index contributed by atoms with van der Waals surface area (Å²) in [5, 5.41) is 5.69. The largest absolute Gasteiger partial charge is 0.349 e. The lowest BCUT2D eigenvalue weighted by Gasteiger charge is -2.06. The normalized spacial score (nSPS) is 9.80. The predicted molar refractivity (Wildman–Crippen MR) is 76.1 cm³/mol. The molecule has 0 aliphatic carbocycles. The Morgan fingerprint density at radius 3 is 2.90 bits per heavy atom. The lowest BCUT2D eigenvalue weighted by molar-refractivity contribution is 0.0953. The van der Waals surface area contributed by atoms with Crippen LogP contribution in [-0.4, -0.2) is 27.4 Å². The first kappa shape index (κ1) is 13.7. The predicted octanol–water partition coefficient (Wildman–Crippen LogP) is 1.40. The Kier molecular flexibility index (Phi) is 4.77. The molecule has 0 fully saturated rings. The molecule has 2 aromatic heterocycles. The van der Waals surface area contributed by atoms with Crippen LogP contribution in [0.15, 0.2) is 49.3 Å². The summed E-state index contributed by atoms with van der Waals surface area (Å²) < 4.78 is 0. The Morgan fingerprint density at radius 2 is 2.15 bits per heavy atom. The van der Waals surface area contributed by atoms with Gasteiger partial charge in [-0.25, -0.2) is 9.97 Å². The average molecular weight is 269 g/mol. The number of amides is 1. The number of nitrogens with one attached hydrogen (secondary N) is 2. The van der Waals surface area contributed by atoms with E-state index in [-0.39, 0.29) is 5.91 Å². The summed E-state index contributed by atoms with van der Waals surface area (Å²) >= 11 is 0. The quantitative estimate of drug-likeness (QED) is 0.775. The fourth-order valence-electron chi connectivity index (χ4n) is 1.50. The number of pyridine rings is 1. The van der Waals surface area contributed by atoms with E-state index in [0.29, 0.717) is 24.7 Å². The molecule has 0 bridgehead atoms. The van der Waals surface area contributed by atoms with Gasteiger partial charge in [0.2, 0.25) is 5.95 Å². The van der Waals surface area contributed by atoms with Crippen molar-refractivity contribution in [3.63, 3.8) is 0 Å². The molecule has 6 nitrogen and oxygen atoms in total. The minimum absolute atomic E-state index is 0.256. The fourth-order valence-corrected chi connectivity index (χ4v) is 1.50. The number of hydrogen-bond donors (Lipinski definition) is 2. The molecule has 20 heavy (non-hydrogen) atoms. The van der Waals surface area contributed by atoms with Crippen LogP contribution < -0.4 is 10.6 Å². The maximum atomic E-state index is 11.7. The Labute approximate surface area is 117 Å². The van der Waals surface area contributed by atoms with Crippen molar-refractivity contribution in [3.05, 3.63) is 60.7 Å². The van der Waals surface area contributed by atoms with E-state index in [2.05, 4.69) is 32.2 Å². The third kappa shape index (κ3) is 3.88. The number of aromatic nitrogens is 3. The van der Waals surface area contributed by atoms with Gasteiger partial charge in [-0.3, -0.25) is 9.78 Å². The zero-order valence-electron chi connectivity index (χ0n) is 10.9. The van der Waals surface area contributed by atoms with Gasteiger partial charge in [-0.2, -0.15) is 0 Å². The molecule has 2 rings (SSSR count). The van der Waals surface area contributed by atoms with Gasteiger partial charge in [0.15, 0.2) is 0 Å². The average Bonchev–Trinajstić information content (AvgIpc) is 2.52. The fraction of sp³-hybridized carbons (Fsp3) is 0.143. The number of carbonyl (C=O) groups is 1. The van der Waals surface area contributed by atoms with Crippen molar-refractivity contribution in [1.29, 1.82) is 0 Å². The number of nitrogens with zero attached hydrogens (tertiary/aromatic N) is 3. The van der Waals surface area contributed by atoms with Crippen LogP contribution in [0.5, 0.6) is 0 Å². The molecule has 0 aliphatic heterocycles. The number of hydrogen-bond acceptors (Lipinski definition) is 5. The number of carbonyl (C=O) groups excluding carboxylic acids is 1. The first-order valence-corrected chi connectivity index (χ1v) is 6.15. The van der Waals surface area contributed by atoms with Crippen LogP contribution in [0.4, 0.5) is 5.95 Å². The van der Waals surface area contributed by atoms with Gasteiger partial charge in [-0.15, -0.1) is 6.58 Å². The van der Waals surface area contributed by atoms with E-state index in [1.165, 1.54) is 6.20 Å². The van der Waals surface area contributed by atoms with Crippen molar-refractivity contribution < 1.29 is 4.79 Å². The van der Waals surface area contributed by atoms with Gasteiger partial charge in [0, 0.05) is 18.9 Å². The maximum absolute atomic E-state index is 11.7. The van der Waals surface area contributed by atoms with E-state index in [1.54, 1.807) is 18.3 Å². The van der Waals surface area contributed by atoms with Gasteiger partial charge >= 0.3 is 0 Å². The van der Waals surface area contributed by atoms with Crippen molar-refractivity contribution in [2.45, 2.75) is 6.54 Å². The second kappa shape index (κ2) is 6.98. The van der Waals surface area contributed by atoms with Crippen LogP contribution in [0.3, 0.4) is 0 Å². The molecule has 0 radical (unpaired) electrons. The molecule has 6 heteroatoms. The minimum Gasteiger partial charge on any atom is -0.349 e. The molecule has 0 saturated heterocycles. The molecule has 0 aromatic carbocycles. The second-order valence-corrected chi connectivity index (χ2v) is 3.94. The smallest absolute Gasteiger partial charge is 0.270 e. The molecular formula is C14H15N5O. The summed E-state index contributed by atoms with van der Waals surface area (Å²) in [7, 11) is 0. The second-order valence-electron chi connectivity index (χ2n) is 3.94. The van der Waals surface area contributed by atoms with Crippen molar-refractivity contribution >= 4 is 11.9 Å².